The first-order chi connectivity index (χ1) is 11.5. The number of aromatic nitrogens is 1. The zero-order chi connectivity index (χ0) is 16.8. The molecule has 24 heavy (non-hydrogen) atoms. The Morgan fingerprint density at radius 2 is 1.92 bits per heavy atom. The van der Waals surface area contributed by atoms with Crippen LogP contribution in [0.3, 0.4) is 0 Å². The number of rotatable bonds is 1. The summed E-state index contributed by atoms with van der Waals surface area (Å²) in [6.07, 6.45) is 5.98. The van der Waals surface area contributed by atoms with Gasteiger partial charge in [0, 0.05) is 30.3 Å². The standard InChI is InChI=1S/C22H28N2/c1-14-5-6-16(3)20(10-14)18-12-21-22(23-13-18)17(4)11-19-9-15(2)7-8-24(19)21/h5-6,10,12-13,15,17,19H,7-9,11H2,1-4H3. The lowest BCUT2D eigenvalue weighted by Crippen LogP contribution is -2.46. The van der Waals surface area contributed by atoms with Crippen molar-refractivity contribution < 1.29 is 0 Å². The van der Waals surface area contributed by atoms with Gasteiger partial charge in [-0.05, 0) is 56.2 Å². The molecule has 2 heteroatoms. The van der Waals surface area contributed by atoms with Gasteiger partial charge in [-0.2, -0.15) is 0 Å². The van der Waals surface area contributed by atoms with Gasteiger partial charge in [0.2, 0.25) is 0 Å². The average molecular weight is 320 g/mol. The molecule has 126 valence electrons. The van der Waals surface area contributed by atoms with Crippen LogP contribution in [-0.4, -0.2) is 17.6 Å². The minimum Gasteiger partial charge on any atom is -0.367 e. The van der Waals surface area contributed by atoms with Crippen molar-refractivity contribution in [1.29, 1.82) is 0 Å². The molecule has 1 aromatic carbocycles. The van der Waals surface area contributed by atoms with Gasteiger partial charge in [-0.15, -0.1) is 0 Å². The quantitative estimate of drug-likeness (QED) is 0.692. The number of hydrogen-bond donors (Lipinski definition) is 0. The zero-order valence-electron chi connectivity index (χ0n) is 15.3. The van der Waals surface area contributed by atoms with E-state index in [2.05, 4.69) is 63.1 Å². The van der Waals surface area contributed by atoms with Crippen LogP contribution in [0, 0.1) is 19.8 Å². The number of anilines is 1. The molecule has 4 rings (SSSR count). The average Bonchev–Trinajstić information content (AvgIpc) is 2.56. The van der Waals surface area contributed by atoms with E-state index in [0.29, 0.717) is 12.0 Å². The van der Waals surface area contributed by atoms with Crippen LogP contribution in [0.15, 0.2) is 30.5 Å². The van der Waals surface area contributed by atoms with Gasteiger partial charge in [0.15, 0.2) is 0 Å². The summed E-state index contributed by atoms with van der Waals surface area (Å²) in [4.78, 5) is 7.57. The maximum absolute atomic E-state index is 4.92. The highest BCUT2D eigenvalue weighted by atomic mass is 15.2. The van der Waals surface area contributed by atoms with Crippen LogP contribution in [-0.2, 0) is 0 Å². The third-order valence-corrected chi connectivity index (χ3v) is 5.98. The SMILES string of the molecule is Cc1ccc(C)c(-c2cnc3c(c2)N2CCC(C)CC2CC3C)c1. The first-order valence-electron chi connectivity index (χ1n) is 9.37. The van der Waals surface area contributed by atoms with E-state index in [1.807, 2.05) is 0 Å². The fourth-order valence-corrected chi connectivity index (χ4v) is 4.58. The fraction of sp³-hybridized carbons (Fsp3) is 0.500. The van der Waals surface area contributed by atoms with Gasteiger partial charge < -0.3 is 4.90 Å². The number of pyridine rings is 1. The summed E-state index contributed by atoms with van der Waals surface area (Å²) in [6.45, 7) is 10.3. The summed E-state index contributed by atoms with van der Waals surface area (Å²) < 4.78 is 0. The normalized spacial score (nSPS) is 26.0. The molecule has 2 aromatic rings. The number of fused-ring (bicyclic) bond motifs is 3. The number of aryl methyl sites for hydroxylation is 2. The summed E-state index contributed by atoms with van der Waals surface area (Å²) in [5.41, 5.74) is 7.92. The molecule has 0 bridgehead atoms. The van der Waals surface area contributed by atoms with E-state index >= 15 is 0 Å². The van der Waals surface area contributed by atoms with Gasteiger partial charge in [0.1, 0.15) is 0 Å². The molecule has 2 aliphatic heterocycles. The van der Waals surface area contributed by atoms with E-state index < -0.39 is 0 Å². The molecule has 3 atom stereocenters. The van der Waals surface area contributed by atoms with E-state index in [1.54, 1.807) is 0 Å². The molecule has 3 unspecified atom stereocenters. The Kier molecular flexibility index (Phi) is 3.86. The predicted molar refractivity (Wildman–Crippen MR) is 102 cm³/mol. The van der Waals surface area contributed by atoms with Crippen LogP contribution in [0.2, 0.25) is 0 Å². The molecule has 1 fully saturated rings. The molecule has 2 aliphatic rings. The van der Waals surface area contributed by atoms with Crippen molar-refractivity contribution in [3.8, 4) is 11.1 Å². The van der Waals surface area contributed by atoms with Crippen LogP contribution < -0.4 is 4.90 Å². The highest BCUT2D eigenvalue weighted by Gasteiger charge is 2.35. The summed E-state index contributed by atoms with van der Waals surface area (Å²) in [5.74, 6) is 1.43. The van der Waals surface area contributed by atoms with Gasteiger partial charge in [-0.3, -0.25) is 4.98 Å². The second kappa shape index (κ2) is 5.91. The van der Waals surface area contributed by atoms with Crippen LogP contribution in [0.25, 0.3) is 11.1 Å². The molecule has 1 saturated heterocycles. The van der Waals surface area contributed by atoms with Gasteiger partial charge in [-0.1, -0.05) is 37.6 Å². The Balaban J connectivity index is 1.79. The molecule has 0 radical (unpaired) electrons. The Bertz CT molecular complexity index is 765. The van der Waals surface area contributed by atoms with Crippen molar-refractivity contribution in [2.45, 2.75) is 58.9 Å². The molecule has 0 aliphatic carbocycles. The summed E-state index contributed by atoms with van der Waals surface area (Å²) in [5, 5.41) is 0. The van der Waals surface area contributed by atoms with Gasteiger partial charge >= 0.3 is 0 Å². The van der Waals surface area contributed by atoms with Gasteiger partial charge in [-0.25, -0.2) is 0 Å². The molecule has 0 saturated carbocycles. The van der Waals surface area contributed by atoms with Crippen LogP contribution in [0.1, 0.15) is 55.8 Å². The second-order valence-electron chi connectivity index (χ2n) is 8.06. The van der Waals surface area contributed by atoms with Crippen molar-refractivity contribution in [2.75, 3.05) is 11.4 Å². The number of benzene rings is 1. The van der Waals surface area contributed by atoms with Crippen molar-refractivity contribution >= 4 is 5.69 Å². The monoisotopic (exact) mass is 320 g/mol. The highest BCUT2D eigenvalue weighted by Crippen LogP contribution is 2.43. The molecule has 2 nitrogen and oxygen atoms in total. The van der Waals surface area contributed by atoms with Crippen LogP contribution in [0.4, 0.5) is 5.69 Å². The Labute approximate surface area is 145 Å². The van der Waals surface area contributed by atoms with Crippen LogP contribution in [0.5, 0.6) is 0 Å². The topological polar surface area (TPSA) is 16.1 Å². The van der Waals surface area contributed by atoms with E-state index in [4.69, 9.17) is 4.98 Å². The fourth-order valence-electron chi connectivity index (χ4n) is 4.58. The van der Waals surface area contributed by atoms with Crippen LogP contribution >= 0.6 is 0 Å². The summed E-state index contributed by atoms with van der Waals surface area (Å²) >= 11 is 0. The van der Waals surface area contributed by atoms with Crippen molar-refractivity contribution in [3.05, 3.63) is 47.3 Å². The summed E-state index contributed by atoms with van der Waals surface area (Å²) in [6, 6.07) is 9.81. The number of piperidine rings is 1. The maximum atomic E-state index is 4.92. The minimum atomic E-state index is 0.569. The molecule has 1 aromatic heterocycles. The number of hydrogen-bond acceptors (Lipinski definition) is 2. The largest absolute Gasteiger partial charge is 0.367 e. The van der Waals surface area contributed by atoms with E-state index in [1.165, 1.54) is 59.4 Å². The molecule has 0 spiro atoms. The van der Waals surface area contributed by atoms with E-state index in [0.717, 1.165) is 5.92 Å². The Hall–Kier alpha value is -1.83. The lowest BCUT2D eigenvalue weighted by Gasteiger charge is -2.45. The van der Waals surface area contributed by atoms with Gasteiger partial charge in [0.25, 0.3) is 0 Å². The molecular weight excluding hydrogens is 292 g/mol. The molecule has 3 heterocycles. The highest BCUT2D eigenvalue weighted by molar-refractivity contribution is 5.72. The van der Waals surface area contributed by atoms with Crippen molar-refractivity contribution in [2.24, 2.45) is 5.92 Å². The first-order valence-corrected chi connectivity index (χ1v) is 9.37. The Morgan fingerprint density at radius 3 is 2.75 bits per heavy atom. The molecule has 0 N–H and O–H groups in total. The summed E-state index contributed by atoms with van der Waals surface area (Å²) in [7, 11) is 0. The van der Waals surface area contributed by atoms with E-state index in [9.17, 15) is 0 Å². The maximum Gasteiger partial charge on any atom is 0.0666 e. The molecular formula is C22H28N2. The molecule has 0 amide bonds. The smallest absolute Gasteiger partial charge is 0.0666 e. The van der Waals surface area contributed by atoms with Crippen molar-refractivity contribution in [3.63, 3.8) is 0 Å². The second-order valence-corrected chi connectivity index (χ2v) is 8.06. The van der Waals surface area contributed by atoms with Crippen molar-refractivity contribution in [1.82, 2.24) is 4.98 Å². The Morgan fingerprint density at radius 1 is 1.08 bits per heavy atom. The lowest BCUT2D eigenvalue weighted by molar-refractivity contribution is 0.325. The first kappa shape index (κ1) is 15.7. The zero-order valence-corrected chi connectivity index (χ0v) is 15.3. The third kappa shape index (κ3) is 2.62. The minimum absolute atomic E-state index is 0.569. The lowest BCUT2D eigenvalue weighted by atomic mass is 9.81. The number of nitrogens with zero attached hydrogens (tertiary/aromatic N) is 2. The predicted octanol–water partition coefficient (Wildman–Crippen LogP) is 5.48. The van der Waals surface area contributed by atoms with Gasteiger partial charge in [0.05, 0.1) is 11.4 Å². The third-order valence-electron chi connectivity index (χ3n) is 5.98. The van der Waals surface area contributed by atoms with E-state index in [-0.39, 0.29) is 0 Å².